The number of benzene rings is 1. The maximum atomic E-state index is 12.2. The third-order valence-electron chi connectivity index (χ3n) is 2.34. The van der Waals surface area contributed by atoms with E-state index in [0.717, 1.165) is 0 Å². The lowest BCUT2D eigenvalue weighted by atomic mass is 10.3. The Bertz CT molecular complexity index is 603. The van der Waals surface area contributed by atoms with Gasteiger partial charge in [0.25, 0.3) is 0 Å². The van der Waals surface area contributed by atoms with Gasteiger partial charge in [-0.05, 0) is 39.0 Å². The molecule has 1 atom stereocenters. The molecule has 0 bridgehead atoms. The Morgan fingerprint density at radius 3 is 2.35 bits per heavy atom. The molecule has 0 aliphatic rings. The highest BCUT2D eigenvalue weighted by Crippen LogP contribution is 2.24. The van der Waals surface area contributed by atoms with E-state index in [1.54, 1.807) is 13.8 Å². The van der Waals surface area contributed by atoms with Crippen LogP contribution < -0.4 is 10.0 Å². The summed E-state index contributed by atoms with van der Waals surface area (Å²) in [5, 5.41) is 2.90. The van der Waals surface area contributed by atoms with E-state index in [-0.39, 0.29) is 21.0 Å². The minimum absolute atomic E-state index is 0.0402. The molecule has 0 aliphatic heterocycles. The third kappa shape index (κ3) is 4.63. The lowest BCUT2D eigenvalue weighted by Gasteiger charge is -2.16. The monoisotopic (exact) mass is 338 g/mol. The molecule has 20 heavy (non-hydrogen) atoms. The van der Waals surface area contributed by atoms with Crippen LogP contribution >= 0.6 is 23.2 Å². The van der Waals surface area contributed by atoms with Crippen LogP contribution in [0.4, 0.5) is 0 Å². The van der Waals surface area contributed by atoms with Crippen LogP contribution in [0.25, 0.3) is 0 Å². The van der Waals surface area contributed by atoms with E-state index < -0.39 is 22.0 Å². The molecular weight excluding hydrogens is 323 g/mol. The van der Waals surface area contributed by atoms with Gasteiger partial charge in [0.05, 0.1) is 11.1 Å². The number of amides is 1. The molecule has 112 valence electrons. The summed E-state index contributed by atoms with van der Waals surface area (Å²) >= 11 is 11.6. The quantitative estimate of drug-likeness (QED) is 0.863. The van der Waals surface area contributed by atoms with Gasteiger partial charge in [-0.3, -0.25) is 4.79 Å². The Morgan fingerprint density at radius 1 is 1.20 bits per heavy atom. The Kier molecular flexibility index (Phi) is 5.82. The van der Waals surface area contributed by atoms with Crippen molar-refractivity contribution >= 4 is 39.1 Å². The summed E-state index contributed by atoms with van der Waals surface area (Å²) in [6.45, 7) is 5.02. The number of nitrogens with one attached hydrogen (secondary N) is 2. The molecule has 1 amide bonds. The second-order valence-electron chi connectivity index (χ2n) is 4.58. The Morgan fingerprint density at radius 2 is 1.80 bits per heavy atom. The molecule has 1 aromatic rings. The molecule has 0 spiro atoms. The molecule has 0 fully saturated rings. The average Bonchev–Trinajstić information content (AvgIpc) is 2.30. The van der Waals surface area contributed by atoms with E-state index in [4.69, 9.17) is 23.2 Å². The molecule has 0 saturated carbocycles. The number of rotatable bonds is 5. The number of sulfonamides is 1. The van der Waals surface area contributed by atoms with Gasteiger partial charge in [0.1, 0.15) is 4.90 Å². The van der Waals surface area contributed by atoms with Crippen LogP contribution in [-0.4, -0.2) is 26.4 Å². The summed E-state index contributed by atoms with van der Waals surface area (Å²) < 4.78 is 26.6. The highest BCUT2D eigenvalue weighted by atomic mass is 35.5. The topological polar surface area (TPSA) is 75.3 Å². The maximum absolute atomic E-state index is 12.2. The Hall–Kier alpha value is -0.820. The third-order valence-corrected chi connectivity index (χ3v) is 4.60. The van der Waals surface area contributed by atoms with E-state index >= 15 is 0 Å². The van der Waals surface area contributed by atoms with Gasteiger partial charge in [-0.15, -0.1) is 0 Å². The van der Waals surface area contributed by atoms with Gasteiger partial charge in [0.15, 0.2) is 0 Å². The summed E-state index contributed by atoms with van der Waals surface area (Å²) in [6.07, 6.45) is 0. The summed E-state index contributed by atoms with van der Waals surface area (Å²) in [5.74, 6) is -0.415. The first-order chi connectivity index (χ1) is 9.13. The van der Waals surface area contributed by atoms with E-state index in [2.05, 4.69) is 10.0 Å². The molecule has 0 heterocycles. The van der Waals surface area contributed by atoms with Crippen molar-refractivity contribution in [3.05, 3.63) is 28.2 Å². The lowest BCUT2D eigenvalue weighted by molar-refractivity contribution is -0.122. The fourth-order valence-corrected chi connectivity index (χ4v) is 3.41. The predicted molar refractivity (Wildman–Crippen MR) is 79.5 cm³/mol. The van der Waals surface area contributed by atoms with Gasteiger partial charge in [0.2, 0.25) is 15.9 Å². The molecule has 2 N–H and O–H groups in total. The first-order valence-electron chi connectivity index (χ1n) is 5.91. The van der Waals surface area contributed by atoms with Gasteiger partial charge < -0.3 is 5.32 Å². The van der Waals surface area contributed by atoms with Crippen LogP contribution in [0.2, 0.25) is 10.0 Å². The fourth-order valence-electron chi connectivity index (χ4n) is 1.44. The predicted octanol–water partition coefficient (Wildman–Crippen LogP) is 2.18. The number of hydrogen-bond donors (Lipinski definition) is 2. The second-order valence-corrected chi connectivity index (χ2v) is 7.11. The highest BCUT2D eigenvalue weighted by Gasteiger charge is 2.24. The van der Waals surface area contributed by atoms with Crippen molar-refractivity contribution in [2.24, 2.45) is 0 Å². The minimum atomic E-state index is -3.92. The Labute approximate surface area is 128 Å². The van der Waals surface area contributed by atoms with E-state index in [1.807, 2.05) is 0 Å². The summed E-state index contributed by atoms with van der Waals surface area (Å²) in [6, 6.07) is 3.11. The minimum Gasteiger partial charge on any atom is -0.353 e. The molecular formula is C12H16Cl2N2O3S. The smallest absolute Gasteiger partial charge is 0.242 e. The number of halogens is 2. The summed E-state index contributed by atoms with van der Waals surface area (Å²) in [5.41, 5.74) is 0. The van der Waals surface area contributed by atoms with Crippen molar-refractivity contribution < 1.29 is 13.2 Å². The molecule has 0 aromatic heterocycles. The number of carbonyl (C=O) groups is 1. The van der Waals surface area contributed by atoms with E-state index in [9.17, 15) is 13.2 Å². The normalized spacial score (nSPS) is 13.3. The fraction of sp³-hybridized carbons (Fsp3) is 0.417. The molecule has 0 aliphatic carbocycles. The standard InChI is InChI=1S/C12H16Cl2N2O3S/c1-7(2)15-12(17)8(3)16-20(18,19)11-6-9(13)4-5-10(11)14/h4-8,16H,1-3H3,(H,15,17). The molecule has 8 heteroatoms. The molecule has 1 aromatic carbocycles. The van der Waals surface area contributed by atoms with Crippen molar-refractivity contribution in [3.8, 4) is 0 Å². The zero-order valence-corrected chi connectivity index (χ0v) is 13.6. The first kappa shape index (κ1) is 17.2. The van der Waals surface area contributed by atoms with Crippen LogP contribution in [-0.2, 0) is 14.8 Å². The van der Waals surface area contributed by atoms with Crippen molar-refractivity contribution in [2.75, 3.05) is 0 Å². The van der Waals surface area contributed by atoms with Crippen molar-refractivity contribution in [3.63, 3.8) is 0 Å². The highest BCUT2D eigenvalue weighted by molar-refractivity contribution is 7.89. The van der Waals surface area contributed by atoms with Crippen LogP contribution in [0.3, 0.4) is 0 Å². The van der Waals surface area contributed by atoms with Crippen LogP contribution in [0.15, 0.2) is 23.1 Å². The number of carbonyl (C=O) groups excluding carboxylic acids is 1. The van der Waals surface area contributed by atoms with E-state index in [1.165, 1.54) is 25.1 Å². The SMILES string of the molecule is CC(C)NC(=O)C(C)NS(=O)(=O)c1cc(Cl)ccc1Cl. The Balaban J connectivity index is 2.95. The summed E-state index contributed by atoms with van der Waals surface area (Å²) in [7, 11) is -3.92. The molecule has 1 rings (SSSR count). The molecule has 0 radical (unpaired) electrons. The van der Waals surface area contributed by atoms with Crippen molar-refractivity contribution in [1.82, 2.24) is 10.0 Å². The van der Waals surface area contributed by atoms with E-state index in [0.29, 0.717) is 0 Å². The largest absolute Gasteiger partial charge is 0.353 e. The first-order valence-corrected chi connectivity index (χ1v) is 8.15. The maximum Gasteiger partial charge on any atom is 0.242 e. The van der Waals surface area contributed by atoms with Gasteiger partial charge in [-0.25, -0.2) is 8.42 Å². The van der Waals surface area contributed by atoms with Gasteiger partial charge in [0, 0.05) is 11.1 Å². The van der Waals surface area contributed by atoms with Gasteiger partial charge in [-0.1, -0.05) is 23.2 Å². The molecule has 1 unspecified atom stereocenters. The molecule has 5 nitrogen and oxygen atoms in total. The zero-order chi connectivity index (χ0) is 15.5. The van der Waals surface area contributed by atoms with Crippen LogP contribution in [0.1, 0.15) is 20.8 Å². The van der Waals surface area contributed by atoms with Crippen molar-refractivity contribution in [1.29, 1.82) is 0 Å². The average molecular weight is 339 g/mol. The molecule has 0 saturated heterocycles. The zero-order valence-electron chi connectivity index (χ0n) is 11.3. The lowest BCUT2D eigenvalue weighted by Crippen LogP contribution is -2.46. The van der Waals surface area contributed by atoms with Gasteiger partial charge >= 0.3 is 0 Å². The van der Waals surface area contributed by atoms with Crippen LogP contribution in [0.5, 0.6) is 0 Å². The number of hydrogen-bond acceptors (Lipinski definition) is 3. The second kappa shape index (κ2) is 6.76. The van der Waals surface area contributed by atoms with Gasteiger partial charge in [-0.2, -0.15) is 4.72 Å². The van der Waals surface area contributed by atoms with Crippen LogP contribution in [0, 0.1) is 0 Å². The summed E-state index contributed by atoms with van der Waals surface area (Å²) in [4.78, 5) is 11.6. The van der Waals surface area contributed by atoms with Crippen molar-refractivity contribution in [2.45, 2.75) is 37.8 Å².